The zero-order valence-electron chi connectivity index (χ0n) is 17.9. The summed E-state index contributed by atoms with van der Waals surface area (Å²) in [5, 5.41) is 5.70. The highest BCUT2D eigenvalue weighted by molar-refractivity contribution is 6.32. The van der Waals surface area contributed by atoms with Gasteiger partial charge >= 0.3 is 6.03 Å². The van der Waals surface area contributed by atoms with E-state index < -0.39 is 29.9 Å². The summed E-state index contributed by atoms with van der Waals surface area (Å²) in [6, 6.07) is 22.8. The van der Waals surface area contributed by atoms with Gasteiger partial charge in [-0.3, -0.25) is 14.5 Å². The molecule has 1 atom stereocenters. The lowest BCUT2D eigenvalue weighted by molar-refractivity contribution is -0.133. The van der Waals surface area contributed by atoms with E-state index in [1.54, 1.807) is 55.5 Å². The van der Waals surface area contributed by atoms with Crippen molar-refractivity contribution < 1.29 is 19.1 Å². The average molecular weight is 464 g/mol. The van der Waals surface area contributed by atoms with Crippen LogP contribution in [0.4, 0.5) is 10.5 Å². The molecule has 1 aliphatic heterocycles. The van der Waals surface area contributed by atoms with E-state index in [9.17, 15) is 14.4 Å². The van der Waals surface area contributed by atoms with Crippen molar-refractivity contribution in [2.24, 2.45) is 0 Å². The van der Waals surface area contributed by atoms with Crippen molar-refractivity contribution in [1.82, 2.24) is 10.2 Å². The quantitative estimate of drug-likeness (QED) is 0.511. The molecule has 7 nitrogen and oxygen atoms in total. The Bertz CT molecular complexity index is 1180. The van der Waals surface area contributed by atoms with Gasteiger partial charge in [-0.2, -0.15) is 0 Å². The lowest BCUT2D eigenvalue weighted by atomic mass is 9.92. The number of hydrogen-bond acceptors (Lipinski definition) is 4. The summed E-state index contributed by atoms with van der Waals surface area (Å²) >= 11 is 6.23. The first-order valence-corrected chi connectivity index (χ1v) is 10.7. The van der Waals surface area contributed by atoms with Crippen LogP contribution in [0.1, 0.15) is 18.1 Å². The standard InChI is InChI=1S/C25H22ClN3O4/c1-25(20-9-5-6-10-21(20)26)23(31)29(24(32)28-25)15-22(30)27-18-11-13-19(14-12-18)33-16-17-7-3-2-4-8-17/h2-14H,15-16H2,1H3,(H,27,30)(H,28,32)/t25-/m1/s1. The normalized spacial score (nSPS) is 17.6. The average Bonchev–Trinajstić information content (AvgIpc) is 3.03. The number of anilines is 1. The number of imide groups is 1. The zero-order valence-corrected chi connectivity index (χ0v) is 18.6. The lowest BCUT2D eigenvalue weighted by Gasteiger charge is -2.23. The summed E-state index contributed by atoms with van der Waals surface area (Å²) in [6.07, 6.45) is 0. The van der Waals surface area contributed by atoms with Gasteiger partial charge in [0, 0.05) is 16.3 Å². The fourth-order valence-corrected chi connectivity index (χ4v) is 3.93. The molecule has 0 aromatic heterocycles. The third-order valence-corrected chi connectivity index (χ3v) is 5.71. The molecule has 8 heteroatoms. The van der Waals surface area contributed by atoms with Crippen LogP contribution in [0, 0.1) is 0 Å². The van der Waals surface area contributed by atoms with Gasteiger partial charge in [0.1, 0.15) is 24.4 Å². The molecule has 0 unspecified atom stereocenters. The third kappa shape index (κ3) is 4.83. The summed E-state index contributed by atoms with van der Waals surface area (Å²) in [5.74, 6) is -0.387. The van der Waals surface area contributed by atoms with Crippen molar-refractivity contribution in [2.75, 3.05) is 11.9 Å². The maximum absolute atomic E-state index is 13.0. The van der Waals surface area contributed by atoms with Gasteiger partial charge in [-0.25, -0.2) is 4.79 Å². The molecule has 0 bridgehead atoms. The van der Waals surface area contributed by atoms with Gasteiger partial charge in [0.2, 0.25) is 5.91 Å². The Hall–Kier alpha value is -3.84. The minimum atomic E-state index is -1.34. The number of hydrogen-bond donors (Lipinski definition) is 2. The van der Waals surface area contributed by atoms with E-state index in [1.165, 1.54) is 0 Å². The van der Waals surface area contributed by atoms with Crippen molar-refractivity contribution in [2.45, 2.75) is 19.1 Å². The van der Waals surface area contributed by atoms with Crippen molar-refractivity contribution in [3.8, 4) is 5.75 Å². The first-order valence-electron chi connectivity index (χ1n) is 10.3. The monoisotopic (exact) mass is 463 g/mol. The summed E-state index contributed by atoms with van der Waals surface area (Å²) in [6.45, 7) is 1.58. The van der Waals surface area contributed by atoms with Gasteiger partial charge in [0.05, 0.1) is 0 Å². The predicted molar refractivity (Wildman–Crippen MR) is 125 cm³/mol. The van der Waals surface area contributed by atoms with E-state index in [-0.39, 0.29) is 0 Å². The molecule has 0 spiro atoms. The highest BCUT2D eigenvalue weighted by Gasteiger charge is 2.50. The summed E-state index contributed by atoms with van der Waals surface area (Å²) < 4.78 is 5.73. The number of nitrogens with one attached hydrogen (secondary N) is 2. The molecule has 0 saturated carbocycles. The van der Waals surface area contributed by atoms with Gasteiger partial charge in [-0.15, -0.1) is 0 Å². The Balaban J connectivity index is 1.36. The molecule has 4 amide bonds. The van der Waals surface area contributed by atoms with Gasteiger partial charge in [-0.1, -0.05) is 60.1 Å². The highest BCUT2D eigenvalue weighted by atomic mass is 35.5. The van der Waals surface area contributed by atoms with Crippen LogP contribution in [0.2, 0.25) is 5.02 Å². The van der Waals surface area contributed by atoms with Gasteiger partial charge < -0.3 is 15.4 Å². The Morgan fingerprint density at radius 1 is 1.00 bits per heavy atom. The number of carbonyl (C=O) groups excluding carboxylic acids is 3. The first kappa shape index (κ1) is 22.4. The van der Waals surface area contributed by atoms with Crippen molar-refractivity contribution in [3.05, 3.63) is 95.0 Å². The SMILES string of the molecule is C[C@]1(c2ccccc2Cl)NC(=O)N(CC(=O)Nc2ccc(OCc3ccccc3)cc2)C1=O. The Morgan fingerprint density at radius 2 is 1.67 bits per heavy atom. The van der Waals surface area contributed by atoms with E-state index in [0.717, 1.165) is 10.5 Å². The Kier molecular flexibility index (Phi) is 6.33. The van der Waals surface area contributed by atoms with Crippen LogP contribution in [0.25, 0.3) is 0 Å². The van der Waals surface area contributed by atoms with Gasteiger partial charge in [-0.05, 0) is 42.8 Å². The minimum absolute atomic E-state index is 0.356. The molecule has 1 heterocycles. The number of rotatable bonds is 7. The maximum Gasteiger partial charge on any atom is 0.325 e. The number of amides is 4. The molecule has 1 aliphatic rings. The van der Waals surface area contributed by atoms with Crippen LogP contribution < -0.4 is 15.4 Å². The minimum Gasteiger partial charge on any atom is -0.489 e. The molecule has 4 rings (SSSR count). The van der Waals surface area contributed by atoms with E-state index in [0.29, 0.717) is 28.6 Å². The topological polar surface area (TPSA) is 87.7 Å². The molecule has 3 aromatic rings. The van der Waals surface area contributed by atoms with Crippen molar-refractivity contribution in [3.63, 3.8) is 0 Å². The van der Waals surface area contributed by atoms with Gasteiger partial charge in [0.25, 0.3) is 5.91 Å². The smallest absolute Gasteiger partial charge is 0.325 e. The number of carbonyl (C=O) groups is 3. The zero-order chi connectivity index (χ0) is 23.4. The number of nitrogens with zero attached hydrogens (tertiary/aromatic N) is 1. The fourth-order valence-electron chi connectivity index (χ4n) is 3.61. The highest BCUT2D eigenvalue weighted by Crippen LogP contribution is 2.33. The lowest BCUT2D eigenvalue weighted by Crippen LogP contribution is -2.42. The third-order valence-electron chi connectivity index (χ3n) is 5.38. The fraction of sp³-hybridized carbons (Fsp3) is 0.160. The molecular formula is C25H22ClN3O4. The molecule has 3 aromatic carbocycles. The maximum atomic E-state index is 13.0. The molecule has 1 saturated heterocycles. The van der Waals surface area contributed by atoms with Crippen LogP contribution >= 0.6 is 11.6 Å². The van der Waals surface area contributed by atoms with Crippen LogP contribution in [-0.4, -0.2) is 29.3 Å². The number of ether oxygens (including phenoxy) is 1. The molecular weight excluding hydrogens is 442 g/mol. The second-order valence-electron chi connectivity index (χ2n) is 7.77. The van der Waals surface area contributed by atoms with E-state index >= 15 is 0 Å². The first-order chi connectivity index (χ1) is 15.9. The molecule has 168 valence electrons. The molecule has 0 aliphatic carbocycles. The van der Waals surface area contributed by atoms with Gasteiger partial charge in [0.15, 0.2) is 0 Å². The number of benzene rings is 3. The molecule has 1 fully saturated rings. The predicted octanol–water partition coefficient (Wildman–Crippen LogP) is 4.32. The summed E-state index contributed by atoms with van der Waals surface area (Å²) in [5.41, 5.74) is 0.701. The number of urea groups is 1. The van der Waals surface area contributed by atoms with Crippen LogP contribution in [0.3, 0.4) is 0 Å². The van der Waals surface area contributed by atoms with Crippen LogP contribution in [0.15, 0.2) is 78.9 Å². The van der Waals surface area contributed by atoms with Crippen LogP contribution in [-0.2, 0) is 21.7 Å². The second kappa shape index (κ2) is 9.34. The Morgan fingerprint density at radius 3 is 2.36 bits per heavy atom. The second-order valence-corrected chi connectivity index (χ2v) is 8.18. The summed E-state index contributed by atoms with van der Waals surface area (Å²) in [4.78, 5) is 38.9. The number of halogens is 1. The largest absolute Gasteiger partial charge is 0.489 e. The Labute approximate surface area is 196 Å². The van der Waals surface area contributed by atoms with Crippen LogP contribution in [0.5, 0.6) is 5.75 Å². The van der Waals surface area contributed by atoms with E-state index in [1.807, 2.05) is 30.3 Å². The molecule has 2 N–H and O–H groups in total. The van der Waals surface area contributed by atoms with Crippen molar-refractivity contribution in [1.29, 1.82) is 0 Å². The molecule has 0 radical (unpaired) electrons. The summed E-state index contributed by atoms with van der Waals surface area (Å²) in [7, 11) is 0. The van der Waals surface area contributed by atoms with E-state index in [4.69, 9.17) is 16.3 Å². The van der Waals surface area contributed by atoms with E-state index in [2.05, 4.69) is 10.6 Å². The molecule has 33 heavy (non-hydrogen) atoms. The van der Waals surface area contributed by atoms with Crippen molar-refractivity contribution >= 4 is 35.1 Å².